The van der Waals surface area contributed by atoms with Gasteiger partial charge < -0.3 is 4.90 Å². The molecule has 7 heteroatoms. The smallest absolute Gasteiger partial charge is 0.192 e. The minimum Gasteiger partial charge on any atom is -0.383 e. The molecule has 0 aliphatic carbocycles. The summed E-state index contributed by atoms with van der Waals surface area (Å²) in [4.78, 5) is 13.6. The molecule has 0 radical (unpaired) electrons. The number of carbonyl (C=O) groups is 1. The van der Waals surface area contributed by atoms with Crippen LogP contribution in [0.3, 0.4) is 0 Å². The number of nitrogens with zero attached hydrogens (tertiary/aromatic N) is 5. The van der Waals surface area contributed by atoms with Crippen molar-refractivity contribution in [2.24, 2.45) is 0 Å². The van der Waals surface area contributed by atoms with Crippen molar-refractivity contribution in [2.45, 2.75) is 6.92 Å². The maximum Gasteiger partial charge on any atom is 0.192 e. The molecule has 2 aromatic rings. The zero-order valence-corrected chi connectivity index (χ0v) is 13.0. The number of aromatic nitrogens is 4. The van der Waals surface area contributed by atoms with Crippen molar-refractivity contribution < 1.29 is 4.79 Å². The van der Waals surface area contributed by atoms with Gasteiger partial charge in [0.25, 0.3) is 0 Å². The van der Waals surface area contributed by atoms with Gasteiger partial charge in [-0.05, 0) is 41.6 Å². The van der Waals surface area contributed by atoms with Crippen LogP contribution in [0, 0.1) is 0 Å². The van der Waals surface area contributed by atoms with Gasteiger partial charge in [0, 0.05) is 24.8 Å². The third-order valence-electron chi connectivity index (χ3n) is 2.55. The van der Waals surface area contributed by atoms with Crippen LogP contribution in [0.25, 0.3) is 11.3 Å². The fraction of sp³-hybridized carbons (Fsp3) is 0.231. The topological polar surface area (TPSA) is 63.9 Å². The summed E-state index contributed by atoms with van der Waals surface area (Å²) < 4.78 is 2.51. The number of halogens is 1. The molecule has 0 bridgehead atoms. The summed E-state index contributed by atoms with van der Waals surface area (Å²) in [6, 6.07) is 7.53. The highest BCUT2D eigenvalue weighted by Crippen LogP contribution is 2.18. The first-order valence-electron chi connectivity index (χ1n) is 5.93. The molecule has 0 saturated carbocycles. The van der Waals surface area contributed by atoms with E-state index in [0.29, 0.717) is 11.4 Å². The summed E-state index contributed by atoms with van der Waals surface area (Å²) in [5, 5.41) is 11.6. The van der Waals surface area contributed by atoms with Gasteiger partial charge in [-0.25, -0.2) is 0 Å². The lowest BCUT2D eigenvalue weighted by Gasteiger charge is -2.10. The molecule has 0 fully saturated rings. The summed E-state index contributed by atoms with van der Waals surface area (Å²) >= 11 is 3.38. The highest BCUT2D eigenvalue weighted by atomic mass is 79.9. The van der Waals surface area contributed by atoms with E-state index in [-0.39, 0.29) is 5.78 Å². The van der Waals surface area contributed by atoms with Crippen LogP contribution in [-0.4, -0.2) is 45.0 Å². The van der Waals surface area contributed by atoms with Gasteiger partial charge in [0.1, 0.15) is 0 Å². The van der Waals surface area contributed by atoms with E-state index in [0.717, 1.165) is 10.2 Å². The van der Waals surface area contributed by atoms with E-state index in [2.05, 4.69) is 31.5 Å². The number of rotatable bonds is 4. The molecule has 0 aliphatic rings. The highest BCUT2D eigenvalue weighted by molar-refractivity contribution is 9.10. The second-order valence-electron chi connectivity index (χ2n) is 4.45. The quantitative estimate of drug-likeness (QED) is 0.798. The van der Waals surface area contributed by atoms with Gasteiger partial charge in [0.15, 0.2) is 11.6 Å². The molecule has 6 nitrogen and oxygen atoms in total. The van der Waals surface area contributed by atoms with Gasteiger partial charge >= 0.3 is 0 Å². The maximum atomic E-state index is 11.8. The van der Waals surface area contributed by atoms with Crippen LogP contribution in [0.2, 0.25) is 0 Å². The summed E-state index contributed by atoms with van der Waals surface area (Å²) in [6.45, 7) is 1.50. The van der Waals surface area contributed by atoms with E-state index in [9.17, 15) is 4.79 Å². The number of carbonyl (C=O) groups excluding carboxylic acids is 1. The molecule has 1 aromatic heterocycles. The molecule has 0 amide bonds. The Morgan fingerprint density at radius 1 is 1.30 bits per heavy atom. The predicted molar refractivity (Wildman–Crippen MR) is 79.2 cm³/mol. The van der Waals surface area contributed by atoms with Crippen LogP contribution >= 0.6 is 15.9 Å². The second-order valence-corrected chi connectivity index (χ2v) is 5.37. The number of tetrazole rings is 1. The van der Waals surface area contributed by atoms with E-state index in [4.69, 9.17) is 0 Å². The van der Waals surface area contributed by atoms with E-state index in [1.165, 1.54) is 6.92 Å². The summed E-state index contributed by atoms with van der Waals surface area (Å²) in [7, 11) is 3.69. The zero-order valence-electron chi connectivity index (χ0n) is 11.4. The number of hydrogen-bond acceptors (Lipinski definition) is 5. The molecule has 0 aliphatic heterocycles. The minimum absolute atomic E-state index is 0.0909. The van der Waals surface area contributed by atoms with E-state index in [1.54, 1.807) is 15.8 Å². The maximum absolute atomic E-state index is 11.8. The largest absolute Gasteiger partial charge is 0.383 e. The molecular weight excluding hydrogens is 322 g/mol. The van der Waals surface area contributed by atoms with Crippen LogP contribution in [0.4, 0.5) is 0 Å². The van der Waals surface area contributed by atoms with Crippen molar-refractivity contribution in [1.82, 2.24) is 25.1 Å². The lowest BCUT2D eigenvalue weighted by molar-refractivity contribution is -0.111. The van der Waals surface area contributed by atoms with Crippen molar-refractivity contribution >= 4 is 27.3 Å². The van der Waals surface area contributed by atoms with Gasteiger partial charge in [-0.3, -0.25) is 4.79 Å². The zero-order chi connectivity index (χ0) is 14.7. The molecule has 0 N–H and O–H groups in total. The van der Waals surface area contributed by atoms with Gasteiger partial charge in [-0.1, -0.05) is 15.9 Å². The summed E-state index contributed by atoms with van der Waals surface area (Å²) in [5.41, 5.74) is 1.25. The van der Waals surface area contributed by atoms with Crippen LogP contribution in [0.1, 0.15) is 12.7 Å². The van der Waals surface area contributed by atoms with Crippen molar-refractivity contribution in [3.8, 4) is 5.69 Å². The fourth-order valence-corrected chi connectivity index (χ4v) is 1.94. The van der Waals surface area contributed by atoms with Crippen molar-refractivity contribution in [2.75, 3.05) is 14.1 Å². The molecule has 0 saturated heterocycles. The fourth-order valence-electron chi connectivity index (χ4n) is 1.68. The SMILES string of the molecule is CC(=O)C(=CN(C)C)c1nnnn1-c1ccc(Br)cc1. The molecule has 0 unspecified atom stereocenters. The number of benzene rings is 1. The van der Waals surface area contributed by atoms with E-state index in [1.807, 2.05) is 38.4 Å². The first kappa shape index (κ1) is 14.4. The molecule has 2 rings (SSSR count). The van der Waals surface area contributed by atoms with Gasteiger partial charge in [0.05, 0.1) is 11.3 Å². The predicted octanol–water partition coefficient (Wildman–Crippen LogP) is 1.92. The number of ketones is 1. The Kier molecular flexibility index (Phi) is 4.29. The minimum atomic E-state index is -0.0909. The molecule has 20 heavy (non-hydrogen) atoms. The molecule has 1 aromatic carbocycles. The van der Waals surface area contributed by atoms with E-state index < -0.39 is 0 Å². The third kappa shape index (κ3) is 3.11. The van der Waals surface area contributed by atoms with Crippen molar-refractivity contribution in [3.63, 3.8) is 0 Å². The Hall–Kier alpha value is -2.02. The summed E-state index contributed by atoms with van der Waals surface area (Å²) in [6.07, 6.45) is 1.71. The van der Waals surface area contributed by atoms with Crippen LogP contribution in [-0.2, 0) is 4.79 Å². The first-order valence-corrected chi connectivity index (χ1v) is 6.72. The number of allylic oxidation sites excluding steroid dienone is 1. The molecule has 1 heterocycles. The second kappa shape index (κ2) is 5.96. The number of hydrogen-bond donors (Lipinski definition) is 0. The molecular formula is C13H14BrN5O. The Balaban J connectivity index is 2.51. The molecule has 0 spiro atoms. The van der Waals surface area contributed by atoms with Crippen molar-refractivity contribution in [3.05, 3.63) is 40.8 Å². The van der Waals surface area contributed by atoms with Crippen LogP contribution < -0.4 is 0 Å². The Labute approximate surface area is 125 Å². The van der Waals surface area contributed by atoms with Crippen molar-refractivity contribution in [1.29, 1.82) is 0 Å². The number of Topliss-reactive ketones (excluding diaryl/α,β-unsaturated/α-hetero) is 1. The van der Waals surface area contributed by atoms with Gasteiger partial charge in [-0.15, -0.1) is 5.10 Å². The average Bonchev–Trinajstić information content (AvgIpc) is 2.85. The Bertz CT molecular complexity index is 645. The monoisotopic (exact) mass is 335 g/mol. The Morgan fingerprint density at radius 3 is 2.50 bits per heavy atom. The standard InChI is InChI=1S/C13H14BrN5O/c1-9(20)12(8-18(2)3)13-15-16-17-19(13)11-6-4-10(14)5-7-11/h4-8H,1-3H3. The third-order valence-corrected chi connectivity index (χ3v) is 3.08. The van der Waals surface area contributed by atoms with Gasteiger partial charge in [0.2, 0.25) is 0 Å². The Morgan fingerprint density at radius 2 is 1.95 bits per heavy atom. The van der Waals surface area contributed by atoms with Crippen LogP contribution in [0.5, 0.6) is 0 Å². The summed E-state index contributed by atoms with van der Waals surface area (Å²) in [5.74, 6) is 0.334. The van der Waals surface area contributed by atoms with Gasteiger partial charge in [-0.2, -0.15) is 4.68 Å². The lowest BCUT2D eigenvalue weighted by atomic mass is 10.2. The van der Waals surface area contributed by atoms with E-state index >= 15 is 0 Å². The highest BCUT2D eigenvalue weighted by Gasteiger charge is 2.17. The lowest BCUT2D eigenvalue weighted by Crippen LogP contribution is -2.11. The normalized spacial score (nSPS) is 11.5. The molecule has 0 atom stereocenters. The first-order chi connectivity index (χ1) is 9.49. The van der Waals surface area contributed by atoms with Crippen LogP contribution in [0.15, 0.2) is 34.9 Å². The molecule has 104 valence electrons. The average molecular weight is 336 g/mol.